The molecule has 1 heterocycles. The maximum Gasteiger partial charge on any atom is 0.573 e. The van der Waals surface area contributed by atoms with Crippen LogP contribution in [0.1, 0.15) is 24.8 Å². The highest BCUT2D eigenvalue weighted by Gasteiger charge is 2.30. The van der Waals surface area contributed by atoms with E-state index in [1.54, 1.807) is 12.1 Å². The highest BCUT2D eigenvalue weighted by Crippen LogP contribution is 2.24. The molecule has 1 aliphatic heterocycles. The van der Waals surface area contributed by atoms with Gasteiger partial charge in [0.2, 0.25) is 0 Å². The molecule has 104 valence electrons. The normalized spacial score (nSPS) is 19.2. The van der Waals surface area contributed by atoms with Gasteiger partial charge in [-0.2, -0.15) is 0 Å². The third-order valence-electron chi connectivity index (χ3n) is 2.96. The average Bonchev–Trinajstić information content (AvgIpc) is 2.58. The van der Waals surface area contributed by atoms with Crippen LogP contribution in [0, 0.1) is 0 Å². The van der Waals surface area contributed by atoms with Crippen molar-refractivity contribution in [3.05, 3.63) is 35.4 Å². The Balaban J connectivity index is 2.03. The molecule has 0 spiro atoms. The summed E-state index contributed by atoms with van der Waals surface area (Å²) >= 11 is 0. The van der Waals surface area contributed by atoms with E-state index in [0.717, 1.165) is 37.9 Å². The van der Waals surface area contributed by atoms with E-state index in [-0.39, 0.29) is 5.75 Å². The summed E-state index contributed by atoms with van der Waals surface area (Å²) in [5, 5.41) is 3.31. The molecule has 0 amide bonds. The minimum absolute atomic E-state index is 0.183. The van der Waals surface area contributed by atoms with Gasteiger partial charge in [0, 0.05) is 0 Å². The van der Waals surface area contributed by atoms with Crippen molar-refractivity contribution >= 4 is 6.08 Å². The van der Waals surface area contributed by atoms with Crippen molar-refractivity contribution in [3.63, 3.8) is 0 Å². The summed E-state index contributed by atoms with van der Waals surface area (Å²) < 4.78 is 39.9. The second kappa shape index (κ2) is 6.10. The zero-order valence-corrected chi connectivity index (χ0v) is 10.5. The van der Waals surface area contributed by atoms with Crippen molar-refractivity contribution in [2.45, 2.75) is 25.6 Å². The lowest BCUT2D eigenvalue weighted by atomic mass is 10.0. The molecule has 0 saturated carbocycles. The average molecular weight is 271 g/mol. The van der Waals surface area contributed by atoms with E-state index < -0.39 is 6.36 Å². The summed E-state index contributed by atoms with van der Waals surface area (Å²) in [6.07, 6.45) is 0.535. The van der Waals surface area contributed by atoms with E-state index in [4.69, 9.17) is 0 Å². The largest absolute Gasteiger partial charge is 0.573 e. The third-order valence-corrected chi connectivity index (χ3v) is 2.96. The number of hydrogen-bond donors (Lipinski definition) is 1. The number of rotatable bonds is 2. The molecule has 0 atom stereocenters. The zero-order chi connectivity index (χ0) is 13.7. The Labute approximate surface area is 110 Å². The molecule has 0 unspecified atom stereocenters. The fraction of sp³-hybridized carbons (Fsp3) is 0.429. The summed E-state index contributed by atoms with van der Waals surface area (Å²) in [5.41, 5.74) is 2.24. The smallest absolute Gasteiger partial charge is 0.406 e. The molecule has 1 fully saturated rings. The Morgan fingerprint density at radius 1 is 1.05 bits per heavy atom. The molecule has 5 heteroatoms. The van der Waals surface area contributed by atoms with Gasteiger partial charge in [-0.25, -0.2) is 0 Å². The third kappa shape index (κ3) is 4.95. The minimum atomic E-state index is -4.63. The summed E-state index contributed by atoms with van der Waals surface area (Å²) in [4.78, 5) is 0. The number of hydrogen-bond acceptors (Lipinski definition) is 2. The Kier molecular flexibility index (Phi) is 4.47. The van der Waals surface area contributed by atoms with E-state index in [1.165, 1.54) is 17.7 Å². The van der Waals surface area contributed by atoms with E-state index in [9.17, 15) is 13.2 Å². The van der Waals surface area contributed by atoms with Gasteiger partial charge in [0.15, 0.2) is 0 Å². The van der Waals surface area contributed by atoms with Crippen molar-refractivity contribution < 1.29 is 17.9 Å². The van der Waals surface area contributed by atoms with Crippen LogP contribution in [0.2, 0.25) is 0 Å². The van der Waals surface area contributed by atoms with Crippen molar-refractivity contribution in [1.29, 1.82) is 0 Å². The topological polar surface area (TPSA) is 21.3 Å². The Morgan fingerprint density at radius 2 is 1.79 bits per heavy atom. The van der Waals surface area contributed by atoms with Gasteiger partial charge in [-0.1, -0.05) is 23.8 Å². The van der Waals surface area contributed by atoms with Crippen molar-refractivity contribution in [3.8, 4) is 5.75 Å². The molecular formula is C14H16F3NO. The number of benzene rings is 1. The van der Waals surface area contributed by atoms with Crippen molar-refractivity contribution in [1.82, 2.24) is 5.32 Å². The molecule has 0 aromatic heterocycles. The molecule has 2 nitrogen and oxygen atoms in total. The molecule has 1 aromatic rings. The lowest BCUT2D eigenvalue weighted by molar-refractivity contribution is -0.274. The molecule has 0 radical (unpaired) electrons. The minimum Gasteiger partial charge on any atom is -0.406 e. The summed E-state index contributed by atoms with van der Waals surface area (Å²) in [5.74, 6) is -0.183. The van der Waals surface area contributed by atoms with Gasteiger partial charge >= 0.3 is 6.36 Å². The SMILES string of the molecule is FC(F)(F)Oc1ccc(/C=C2/CCCNCC2)cc1. The fourth-order valence-corrected chi connectivity index (χ4v) is 2.09. The molecule has 19 heavy (non-hydrogen) atoms. The van der Waals surface area contributed by atoms with Gasteiger partial charge in [0.1, 0.15) is 5.75 Å². The zero-order valence-electron chi connectivity index (χ0n) is 10.5. The molecule has 0 bridgehead atoms. The maximum atomic E-state index is 12.0. The van der Waals surface area contributed by atoms with E-state index in [1.807, 2.05) is 6.08 Å². The fourth-order valence-electron chi connectivity index (χ4n) is 2.09. The predicted molar refractivity (Wildman–Crippen MR) is 67.8 cm³/mol. The van der Waals surface area contributed by atoms with Crippen LogP contribution in [-0.2, 0) is 0 Å². The first-order valence-electron chi connectivity index (χ1n) is 6.29. The summed E-state index contributed by atoms with van der Waals surface area (Å²) in [6.45, 7) is 1.98. The second-order valence-corrected chi connectivity index (χ2v) is 4.52. The highest BCUT2D eigenvalue weighted by atomic mass is 19.4. The molecule has 2 rings (SSSR count). The molecule has 1 aliphatic rings. The number of alkyl halides is 3. The van der Waals surface area contributed by atoms with Gasteiger partial charge < -0.3 is 10.1 Å². The highest BCUT2D eigenvalue weighted by molar-refractivity contribution is 5.54. The van der Waals surface area contributed by atoms with Crippen LogP contribution >= 0.6 is 0 Å². The van der Waals surface area contributed by atoms with Gasteiger partial charge in [-0.15, -0.1) is 13.2 Å². The van der Waals surface area contributed by atoms with Crippen LogP contribution in [0.25, 0.3) is 6.08 Å². The first kappa shape index (κ1) is 13.9. The number of halogens is 3. The maximum absolute atomic E-state index is 12.0. The van der Waals surface area contributed by atoms with Crippen LogP contribution < -0.4 is 10.1 Å². The molecular weight excluding hydrogens is 255 g/mol. The Bertz CT molecular complexity index is 427. The second-order valence-electron chi connectivity index (χ2n) is 4.52. The predicted octanol–water partition coefficient (Wildman–Crippen LogP) is 3.74. The molecule has 1 N–H and O–H groups in total. The van der Waals surface area contributed by atoms with E-state index in [2.05, 4.69) is 10.1 Å². The lowest BCUT2D eigenvalue weighted by Crippen LogP contribution is -2.16. The van der Waals surface area contributed by atoms with Crippen LogP contribution in [0.3, 0.4) is 0 Å². The van der Waals surface area contributed by atoms with Gasteiger partial charge in [0.05, 0.1) is 0 Å². The van der Waals surface area contributed by atoms with Gasteiger partial charge in [0.25, 0.3) is 0 Å². The molecule has 0 aliphatic carbocycles. The lowest BCUT2D eigenvalue weighted by Gasteiger charge is -2.09. The first-order chi connectivity index (χ1) is 9.03. The van der Waals surface area contributed by atoms with E-state index in [0.29, 0.717) is 0 Å². The van der Waals surface area contributed by atoms with Crippen molar-refractivity contribution in [2.24, 2.45) is 0 Å². The number of nitrogens with one attached hydrogen (secondary N) is 1. The number of ether oxygens (including phenoxy) is 1. The molecule has 1 saturated heterocycles. The quantitative estimate of drug-likeness (QED) is 0.884. The monoisotopic (exact) mass is 271 g/mol. The van der Waals surface area contributed by atoms with Crippen LogP contribution in [0.5, 0.6) is 5.75 Å². The summed E-state index contributed by atoms with van der Waals surface area (Å²) in [7, 11) is 0. The Morgan fingerprint density at radius 3 is 2.47 bits per heavy atom. The van der Waals surface area contributed by atoms with Crippen LogP contribution in [0.15, 0.2) is 29.8 Å². The Hall–Kier alpha value is -1.49. The van der Waals surface area contributed by atoms with E-state index >= 15 is 0 Å². The van der Waals surface area contributed by atoms with Gasteiger partial charge in [-0.3, -0.25) is 0 Å². The molecule has 1 aromatic carbocycles. The van der Waals surface area contributed by atoms with Crippen LogP contribution in [0.4, 0.5) is 13.2 Å². The standard InChI is InChI=1S/C14H16F3NO/c15-14(16,17)19-13-5-3-12(4-6-13)10-11-2-1-8-18-9-7-11/h3-6,10,18H,1-2,7-9H2/b11-10-. The van der Waals surface area contributed by atoms with Crippen molar-refractivity contribution in [2.75, 3.05) is 13.1 Å². The van der Waals surface area contributed by atoms with Gasteiger partial charge in [-0.05, 0) is 50.0 Å². The summed E-state index contributed by atoms with van der Waals surface area (Å²) in [6, 6.07) is 5.97. The first-order valence-corrected chi connectivity index (χ1v) is 6.29. The van der Waals surface area contributed by atoms with Crippen LogP contribution in [-0.4, -0.2) is 19.5 Å².